The molecule has 1 saturated carbocycles. The molecule has 0 aliphatic heterocycles. The van der Waals surface area contributed by atoms with Crippen molar-refractivity contribution in [2.75, 3.05) is 13.7 Å². The molecule has 0 radical (unpaired) electrons. The van der Waals surface area contributed by atoms with E-state index in [1.165, 1.54) is 17.9 Å². The summed E-state index contributed by atoms with van der Waals surface area (Å²) in [6, 6.07) is 1.07. The summed E-state index contributed by atoms with van der Waals surface area (Å²) in [6.07, 6.45) is -0.108. The van der Waals surface area contributed by atoms with E-state index in [1.54, 1.807) is 6.92 Å². The van der Waals surface area contributed by atoms with Gasteiger partial charge < -0.3 is 4.74 Å². The average Bonchev–Trinajstić information content (AvgIpc) is 3.54. The average molecular weight is 578 g/mol. The van der Waals surface area contributed by atoms with E-state index in [1.807, 2.05) is 0 Å². The van der Waals surface area contributed by atoms with Gasteiger partial charge in [0.2, 0.25) is 10.0 Å². The van der Waals surface area contributed by atoms with E-state index in [0.717, 1.165) is 10.4 Å². The molecular weight excluding hydrogens is 547 g/mol. The van der Waals surface area contributed by atoms with Crippen LogP contribution in [0.15, 0.2) is 34.2 Å². The SMILES string of the molecule is CCOC(=O)Cn1ncc2c1CCC[C@H]2N(C)S(=O)(=O)c1cc(C(F)(F)F)cc(S(=O)(=O)C2CCCC2)c1. The summed E-state index contributed by atoms with van der Waals surface area (Å²) < 4.78 is 102. The Balaban J connectivity index is 1.73. The maximum atomic E-state index is 13.8. The molecule has 1 atom stereocenters. The van der Waals surface area contributed by atoms with Crippen LogP contribution < -0.4 is 0 Å². The van der Waals surface area contributed by atoms with E-state index < -0.39 is 58.7 Å². The number of fused-ring (bicyclic) bond motifs is 1. The number of benzene rings is 1. The Hall–Kier alpha value is -2.45. The van der Waals surface area contributed by atoms with Crippen LogP contribution in [-0.4, -0.2) is 55.8 Å². The van der Waals surface area contributed by atoms with Crippen molar-refractivity contribution in [3.63, 3.8) is 0 Å². The fourth-order valence-electron chi connectivity index (χ4n) is 5.21. The predicted molar refractivity (Wildman–Crippen MR) is 130 cm³/mol. The Kier molecular flexibility index (Phi) is 7.97. The smallest absolute Gasteiger partial charge is 0.416 e. The van der Waals surface area contributed by atoms with Crippen LogP contribution in [0.1, 0.15) is 68.3 Å². The molecule has 0 bridgehead atoms. The van der Waals surface area contributed by atoms with Gasteiger partial charge in [0.25, 0.3) is 0 Å². The molecule has 1 aromatic heterocycles. The monoisotopic (exact) mass is 577 g/mol. The van der Waals surface area contributed by atoms with Gasteiger partial charge >= 0.3 is 12.1 Å². The number of nitrogens with zero attached hydrogens (tertiary/aromatic N) is 3. The van der Waals surface area contributed by atoms with Crippen molar-refractivity contribution in [1.82, 2.24) is 14.1 Å². The van der Waals surface area contributed by atoms with Crippen molar-refractivity contribution < 1.29 is 39.5 Å². The summed E-state index contributed by atoms with van der Waals surface area (Å²) in [5.41, 5.74) is -0.155. The maximum absolute atomic E-state index is 13.8. The molecule has 0 unspecified atom stereocenters. The number of ether oxygens (including phenoxy) is 1. The van der Waals surface area contributed by atoms with Crippen molar-refractivity contribution >= 4 is 25.8 Å². The first-order valence-electron chi connectivity index (χ1n) is 12.4. The number of alkyl halides is 3. The van der Waals surface area contributed by atoms with E-state index in [-0.39, 0.29) is 13.2 Å². The fraction of sp³-hybridized carbons (Fsp3) is 0.583. The number of carbonyl (C=O) groups is 1. The molecule has 4 rings (SSSR count). The van der Waals surface area contributed by atoms with Gasteiger partial charge in [0, 0.05) is 18.3 Å². The molecule has 1 fully saturated rings. The van der Waals surface area contributed by atoms with Crippen LogP contribution in [0.4, 0.5) is 13.2 Å². The Morgan fingerprint density at radius 2 is 1.74 bits per heavy atom. The highest BCUT2D eigenvalue weighted by molar-refractivity contribution is 7.92. The summed E-state index contributed by atoms with van der Waals surface area (Å²) in [4.78, 5) is 10.6. The number of halogens is 3. The van der Waals surface area contributed by atoms with Crippen LogP contribution in [0.25, 0.3) is 0 Å². The zero-order valence-electron chi connectivity index (χ0n) is 21.1. The lowest BCUT2D eigenvalue weighted by Gasteiger charge is -2.31. The van der Waals surface area contributed by atoms with Crippen molar-refractivity contribution in [3.05, 3.63) is 41.2 Å². The number of sulfonamides is 1. The molecule has 38 heavy (non-hydrogen) atoms. The minimum atomic E-state index is -4.95. The quantitative estimate of drug-likeness (QED) is 0.437. The van der Waals surface area contributed by atoms with Gasteiger partial charge in [0.05, 0.1) is 39.4 Å². The molecule has 9 nitrogen and oxygen atoms in total. The molecule has 2 aliphatic carbocycles. The Morgan fingerprint density at radius 1 is 1.08 bits per heavy atom. The number of hydrogen-bond acceptors (Lipinski definition) is 7. The lowest BCUT2D eigenvalue weighted by atomic mass is 9.93. The molecule has 1 heterocycles. The Bertz CT molecular complexity index is 1410. The number of hydrogen-bond donors (Lipinski definition) is 0. The summed E-state index contributed by atoms with van der Waals surface area (Å²) in [6.45, 7) is 1.72. The van der Waals surface area contributed by atoms with Gasteiger partial charge in [-0.3, -0.25) is 9.48 Å². The molecule has 2 aromatic rings. The van der Waals surface area contributed by atoms with Gasteiger partial charge in [-0.05, 0) is 57.2 Å². The molecule has 14 heteroatoms. The first-order valence-corrected chi connectivity index (χ1v) is 15.4. The molecule has 2 aliphatic rings. The molecular formula is C24H30F3N3O6S2. The second-order valence-electron chi connectivity index (χ2n) is 9.58. The van der Waals surface area contributed by atoms with Crippen molar-refractivity contribution in [2.24, 2.45) is 0 Å². The largest absolute Gasteiger partial charge is 0.465 e. The zero-order valence-corrected chi connectivity index (χ0v) is 22.7. The van der Waals surface area contributed by atoms with E-state index in [9.17, 15) is 34.8 Å². The lowest BCUT2D eigenvalue weighted by Crippen LogP contribution is -2.34. The van der Waals surface area contributed by atoms with Crippen molar-refractivity contribution in [1.29, 1.82) is 0 Å². The maximum Gasteiger partial charge on any atom is 0.416 e. The minimum Gasteiger partial charge on any atom is -0.465 e. The third-order valence-electron chi connectivity index (χ3n) is 7.21. The predicted octanol–water partition coefficient (Wildman–Crippen LogP) is 3.88. The van der Waals surface area contributed by atoms with Crippen LogP contribution >= 0.6 is 0 Å². The van der Waals surface area contributed by atoms with Gasteiger partial charge in [0.1, 0.15) is 6.54 Å². The molecule has 0 spiro atoms. The highest BCUT2D eigenvalue weighted by Crippen LogP contribution is 2.40. The lowest BCUT2D eigenvalue weighted by molar-refractivity contribution is -0.144. The molecule has 1 aromatic carbocycles. The van der Waals surface area contributed by atoms with Gasteiger partial charge in [-0.25, -0.2) is 16.8 Å². The van der Waals surface area contributed by atoms with Crippen molar-refractivity contribution in [3.8, 4) is 0 Å². The van der Waals surface area contributed by atoms with Crippen LogP contribution in [0.5, 0.6) is 0 Å². The van der Waals surface area contributed by atoms with Crippen LogP contribution in [0.2, 0.25) is 0 Å². The summed E-state index contributed by atoms with van der Waals surface area (Å²) in [7, 11) is -7.46. The number of aromatic nitrogens is 2. The summed E-state index contributed by atoms with van der Waals surface area (Å²) in [5, 5.41) is 3.37. The molecule has 0 saturated heterocycles. The van der Waals surface area contributed by atoms with Crippen LogP contribution in [-0.2, 0) is 48.5 Å². The highest BCUT2D eigenvalue weighted by atomic mass is 32.2. The highest BCUT2D eigenvalue weighted by Gasteiger charge is 2.39. The molecule has 0 N–H and O–H groups in total. The van der Waals surface area contributed by atoms with Gasteiger partial charge in [0.15, 0.2) is 9.84 Å². The topological polar surface area (TPSA) is 116 Å². The van der Waals surface area contributed by atoms with Crippen LogP contribution in [0, 0.1) is 0 Å². The molecule has 210 valence electrons. The first kappa shape index (κ1) is 28.6. The number of rotatable bonds is 8. The van der Waals surface area contributed by atoms with Gasteiger partial charge in [-0.15, -0.1) is 0 Å². The second-order valence-corrected chi connectivity index (χ2v) is 13.8. The van der Waals surface area contributed by atoms with Crippen LogP contribution in [0.3, 0.4) is 0 Å². The first-order chi connectivity index (χ1) is 17.8. The molecule has 0 amide bonds. The minimum absolute atomic E-state index is 0.150. The number of esters is 1. The standard InChI is InChI=1S/C24H30F3N3O6S2/c1-3-36-23(31)15-30-22-10-6-9-21(20(22)14-28-30)29(2)38(34,35)19-12-16(24(25,26)27)11-18(13-19)37(32,33)17-7-4-5-8-17/h11-14,17,21H,3-10,15H2,1-2H3/t21-/m1/s1. The Morgan fingerprint density at radius 3 is 2.37 bits per heavy atom. The Labute approximate surface area is 219 Å². The third-order valence-corrected chi connectivity index (χ3v) is 11.3. The van der Waals surface area contributed by atoms with Crippen molar-refractivity contribution in [2.45, 2.75) is 85.7 Å². The van der Waals surface area contributed by atoms with E-state index in [0.29, 0.717) is 68.3 Å². The summed E-state index contributed by atoms with van der Waals surface area (Å²) >= 11 is 0. The van der Waals surface area contributed by atoms with Gasteiger partial charge in [-0.2, -0.15) is 22.6 Å². The van der Waals surface area contributed by atoms with E-state index in [4.69, 9.17) is 4.74 Å². The third kappa shape index (κ3) is 5.48. The zero-order chi connectivity index (χ0) is 27.9. The van der Waals surface area contributed by atoms with E-state index in [2.05, 4.69) is 5.10 Å². The second kappa shape index (κ2) is 10.6. The fourth-order valence-corrected chi connectivity index (χ4v) is 8.65. The summed E-state index contributed by atoms with van der Waals surface area (Å²) in [5.74, 6) is -0.499. The number of sulfone groups is 1. The van der Waals surface area contributed by atoms with E-state index >= 15 is 0 Å². The normalized spacial score (nSPS) is 19.1. The van der Waals surface area contributed by atoms with Gasteiger partial charge in [-0.1, -0.05) is 12.8 Å². The number of carbonyl (C=O) groups excluding carboxylic acids is 1.